The van der Waals surface area contributed by atoms with Crippen LogP contribution in [-0.2, 0) is 16.1 Å². The van der Waals surface area contributed by atoms with Crippen molar-refractivity contribution in [2.24, 2.45) is 0 Å². The number of piperidine rings is 1. The predicted octanol–water partition coefficient (Wildman–Crippen LogP) is 2.40. The van der Waals surface area contributed by atoms with Gasteiger partial charge in [-0.15, -0.1) is 0 Å². The number of hydrogen-bond donors (Lipinski definition) is 0. The van der Waals surface area contributed by atoms with Crippen molar-refractivity contribution < 1.29 is 19.0 Å². The fourth-order valence-electron chi connectivity index (χ4n) is 3.39. The van der Waals surface area contributed by atoms with Crippen molar-refractivity contribution in [2.45, 2.75) is 32.2 Å². The van der Waals surface area contributed by atoms with Gasteiger partial charge in [-0.2, -0.15) is 0 Å². The lowest BCUT2D eigenvalue weighted by atomic mass is 10.00. The summed E-state index contributed by atoms with van der Waals surface area (Å²) in [5.74, 6) is 0.317. The molecule has 136 valence electrons. The summed E-state index contributed by atoms with van der Waals surface area (Å²) in [6, 6.07) is 6.35. The minimum Gasteiger partial charge on any atom is -0.467 e. The van der Waals surface area contributed by atoms with Gasteiger partial charge in [0, 0.05) is 56.4 Å². The molecule has 1 amide bonds. The standard InChI is InChI=1S/C19H21N3O4/c1-13(23)22-7-5-19(6-8-22)25-12-15-9-14(3-4-17(15)26-19)16-10-20-18(24-2)21-11-16/h3-4,9-11H,5-8,12H2,1-2H3. The molecule has 7 heteroatoms. The molecule has 26 heavy (non-hydrogen) atoms. The lowest BCUT2D eigenvalue weighted by molar-refractivity contribution is -0.227. The van der Waals surface area contributed by atoms with Gasteiger partial charge in [-0.05, 0) is 17.7 Å². The van der Waals surface area contributed by atoms with E-state index in [0.29, 0.717) is 38.5 Å². The first kappa shape index (κ1) is 16.8. The Hall–Kier alpha value is -2.67. The quantitative estimate of drug-likeness (QED) is 0.824. The molecule has 1 aromatic carbocycles. The van der Waals surface area contributed by atoms with Gasteiger partial charge in [-0.3, -0.25) is 4.79 Å². The van der Waals surface area contributed by atoms with E-state index >= 15 is 0 Å². The van der Waals surface area contributed by atoms with E-state index in [1.807, 2.05) is 23.1 Å². The van der Waals surface area contributed by atoms with Crippen molar-refractivity contribution in [2.75, 3.05) is 20.2 Å². The minimum atomic E-state index is -0.621. The first-order valence-corrected chi connectivity index (χ1v) is 8.66. The normalized spacial score (nSPS) is 18.2. The number of fused-ring (bicyclic) bond motifs is 1. The Kier molecular flexibility index (Phi) is 4.24. The monoisotopic (exact) mass is 355 g/mol. The van der Waals surface area contributed by atoms with Gasteiger partial charge in [-0.1, -0.05) is 6.07 Å². The van der Waals surface area contributed by atoms with Crippen LogP contribution in [0.2, 0.25) is 0 Å². The van der Waals surface area contributed by atoms with Crippen LogP contribution in [0, 0.1) is 0 Å². The first-order chi connectivity index (χ1) is 12.6. The topological polar surface area (TPSA) is 73.8 Å². The van der Waals surface area contributed by atoms with Gasteiger partial charge < -0.3 is 19.1 Å². The predicted molar refractivity (Wildman–Crippen MR) is 93.7 cm³/mol. The Morgan fingerprint density at radius 3 is 2.58 bits per heavy atom. The molecule has 0 unspecified atom stereocenters. The van der Waals surface area contributed by atoms with Crippen molar-refractivity contribution in [1.29, 1.82) is 0 Å². The van der Waals surface area contributed by atoms with Crippen LogP contribution in [0.5, 0.6) is 11.8 Å². The van der Waals surface area contributed by atoms with Crippen LogP contribution in [0.1, 0.15) is 25.3 Å². The summed E-state index contributed by atoms with van der Waals surface area (Å²) in [4.78, 5) is 21.6. The molecule has 1 saturated heterocycles. The van der Waals surface area contributed by atoms with Gasteiger partial charge in [0.05, 0.1) is 13.7 Å². The molecule has 0 radical (unpaired) electrons. The summed E-state index contributed by atoms with van der Waals surface area (Å²) >= 11 is 0. The van der Waals surface area contributed by atoms with E-state index in [4.69, 9.17) is 14.2 Å². The maximum atomic E-state index is 11.5. The lowest BCUT2D eigenvalue weighted by Gasteiger charge is -2.43. The van der Waals surface area contributed by atoms with E-state index in [1.54, 1.807) is 26.4 Å². The zero-order valence-corrected chi connectivity index (χ0v) is 14.9. The molecule has 0 saturated carbocycles. The van der Waals surface area contributed by atoms with Crippen LogP contribution in [0.4, 0.5) is 0 Å². The Balaban J connectivity index is 1.51. The van der Waals surface area contributed by atoms with Crippen molar-refractivity contribution in [3.63, 3.8) is 0 Å². The first-order valence-electron chi connectivity index (χ1n) is 8.66. The molecule has 2 aromatic rings. The van der Waals surface area contributed by atoms with E-state index in [0.717, 1.165) is 22.4 Å². The van der Waals surface area contributed by atoms with Crippen molar-refractivity contribution in [3.8, 4) is 22.9 Å². The summed E-state index contributed by atoms with van der Waals surface area (Å²) in [6.07, 6.45) is 4.83. The highest BCUT2D eigenvalue weighted by Crippen LogP contribution is 2.39. The van der Waals surface area contributed by atoms with Crippen LogP contribution >= 0.6 is 0 Å². The number of carbonyl (C=O) groups is 1. The molecule has 0 bridgehead atoms. The van der Waals surface area contributed by atoms with Gasteiger partial charge in [-0.25, -0.2) is 9.97 Å². The number of methoxy groups -OCH3 is 1. The van der Waals surface area contributed by atoms with Crippen LogP contribution in [0.25, 0.3) is 11.1 Å². The molecular formula is C19H21N3O4. The molecule has 2 aliphatic rings. The van der Waals surface area contributed by atoms with Crippen molar-refractivity contribution in [1.82, 2.24) is 14.9 Å². The molecule has 1 spiro atoms. The highest BCUT2D eigenvalue weighted by Gasteiger charge is 2.41. The van der Waals surface area contributed by atoms with Crippen LogP contribution in [-0.4, -0.2) is 46.8 Å². The molecule has 0 atom stereocenters. The molecule has 0 N–H and O–H groups in total. The third kappa shape index (κ3) is 3.10. The van der Waals surface area contributed by atoms with Crippen LogP contribution in [0.3, 0.4) is 0 Å². The van der Waals surface area contributed by atoms with Gasteiger partial charge in [0.1, 0.15) is 5.75 Å². The second-order valence-corrected chi connectivity index (χ2v) is 6.59. The number of likely N-dealkylation sites (tertiary alicyclic amines) is 1. The highest BCUT2D eigenvalue weighted by atomic mass is 16.7. The second-order valence-electron chi connectivity index (χ2n) is 6.59. The highest BCUT2D eigenvalue weighted by molar-refractivity contribution is 5.73. The number of carbonyl (C=O) groups excluding carboxylic acids is 1. The summed E-state index contributed by atoms with van der Waals surface area (Å²) in [5, 5.41) is 0. The Labute approximate surface area is 151 Å². The van der Waals surface area contributed by atoms with E-state index in [2.05, 4.69) is 9.97 Å². The zero-order chi connectivity index (χ0) is 18.1. The number of benzene rings is 1. The zero-order valence-electron chi connectivity index (χ0n) is 14.9. The Morgan fingerprint density at radius 1 is 1.19 bits per heavy atom. The number of nitrogens with zero attached hydrogens (tertiary/aromatic N) is 3. The summed E-state index contributed by atoms with van der Waals surface area (Å²) in [7, 11) is 1.54. The molecule has 1 fully saturated rings. The van der Waals surface area contributed by atoms with Gasteiger partial charge >= 0.3 is 6.01 Å². The van der Waals surface area contributed by atoms with E-state index in [1.165, 1.54) is 0 Å². The average molecular weight is 355 g/mol. The summed E-state index contributed by atoms with van der Waals surface area (Å²) < 4.78 is 17.3. The third-order valence-electron chi connectivity index (χ3n) is 4.96. The van der Waals surface area contributed by atoms with Gasteiger partial charge in [0.15, 0.2) is 0 Å². The largest absolute Gasteiger partial charge is 0.467 e. The number of aromatic nitrogens is 2. The van der Waals surface area contributed by atoms with Gasteiger partial charge in [0.2, 0.25) is 11.7 Å². The lowest BCUT2D eigenvalue weighted by Crippen LogP contribution is -2.52. The number of hydrogen-bond acceptors (Lipinski definition) is 6. The van der Waals surface area contributed by atoms with Crippen LogP contribution < -0.4 is 9.47 Å². The molecule has 1 aromatic heterocycles. The molecule has 7 nitrogen and oxygen atoms in total. The third-order valence-corrected chi connectivity index (χ3v) is 4.96. The maximum Gasteiger partial charge on any atom is 0.316 e. The Bertz CT molecular complexity index is 814. The summed E-state index contributed by atoms with van der Waals surface area (Å²) in [5.41, 5.74) is 2.91. The molecule has 3 heterocycles. The molecule has 2 aliphatic heterocycles. The molecule has 0 aliphatic carbocycles. The average Bonchev–Trinajstić information content (AvgIpc) is 2.68. The second kappa shape index (κ2) is 6.57. The van der Waals surface area contributed by atoms with Crippen molar-refractivity contribution >= 4 is 5.91 Å². The fraction of sp³-hybridized carbons (Fsp3) is 0.421. The van der Waals surface area contributed by atoms with E-state index in [9.17, 15) is 4.79 Å². The molecule has 4 rings (SSSR count). The van der Waals surface area contributed by atoms with Crippen molar-refractivity contribution in [3.05, 3.63) is 36.2 Å². The SMILES string of the molecule is COc1ncc(-c2ccc3c(c2)COC2(CCN(C(C)=O)CC2)O3)cn1. The number of amides is 1. The van der Waals surface area contributed by atoms with E-state index < -0.39 is 5.79 Å². The number of ether oxygens (including phenoxy) is 3. The minimum absolute atomic E-state index is 0.0995. The number of rotatable bonds is 2. The smallest absolute Gasteiger partial charge is 0.316 e. The maximum absolute atomic E-state index is 11.5. The van der Waals surface area contributed by atoms with E-state index in [-0.39, 0.29) is 5.91 Å². The fourth-order valence-corrected chi connectivity index (χ4v) is 3.39. The molecular weight excluding hydrogens is 334 g/mol. The van der Waals surface area contributed by atoms with Crippen LogP contribution in [0.15, 0.2) is 30.6 Å². The summed E-state index contributed by atoms with van der Waals surface area (Å²) in [6.45, 7) is 3.40. The Morgan fingerprint density at radius 2 is 1.92 bits per heavy atom. The van der Waals surface area contributed by atoms with Gasteiger partial charge in [0.25, 0.3) is 0 Å².